The van der Waals surface area contributed by atoms with Crippen LogP contribution in [-0.2, 0) is 4.74 Å². The minimum Gasteiger partial charge on any atom is -0.378 e. The van der Waals surface area contributed by atoms with Crippen LogP contribution in [0.4, 0.5) is 0 Å². The fourth-order valence-electron chi connectivity index (χ4n) is 3.56. The zero-order valence-corrected chi connectivity index (χ0v) is 12.3. The smallest absolute Gasteiger partial charge is 0.0576 e. The van der Waals surface area contributed by atoms with E-state index in [2.05, 4.69) is 10.2 Å². The molecule has 0 aromatic carbocycles. The molecule has 1 N–H and O–H groups in total. The van der Waals surface area contributed by atoms with Crippen LogP contribution in [0.25, 0.3) is 0 Å². The van der Waals surface area contributed by atoms with Crippen molar-refractivity contribution >= 4 is 0 Å². The Morgan fingerprint density at radius 2 is 2.00 bits per heavy atom. The van der Waals surface area contributed by atoms with Crippen LogP contribution in [0.3, 0.4) is 0 Å². The van der Waals surface area contributed by atoms with E-state index < -0.39 is 0 Å². The van der Waals surface area contributed by atoms with E-state index >= 15 is 0 Å². The summed E-state index contributed by atoms with van der Waals surface area (Å²) in [7, 11) is 0. The van der Waals surface area contributed by atoms with Gasteiger partial charge < -0.3 is 15.0 Å². The topological polar surface area (TPSA) is 24.5 Å². The second kappa shape index (κ2) is 7.05. The van der Waals surface area contributed by atoms with Crippen LogP contribution in [0, 0.1) is 5.92 Å². The number of hydrogen-bond acceptors (Lipinski definition) is 3. The Morgan fingerprint density at radius 1 is 1.05 bits per heavy atom. The number of rotatable bonds is 8. The summed E-state index contributed by atoms with van der Waals surface area (Å²) in [5.41, 5.74) is 0. The van der Waals surface area contributed by atoms with E-state index in [9.17, 15) is 0 Å². The highest BCUT2D eigenvalue weighted by molar-refractivity contribution is 4.82. The lowest BCUT2D eigenvalue weighted by atomic mass is 10.1. The molecule has 0 aromatic rings. The van der Waals surface area contributed by atoms with Gasteiger partial charge >= 0.3 is 0 Å². The Labute approximate surface area is 118 Å². The molecule has 2 unspecified atom stereocenters. The summed E-state index contributed by atoms with van der Waals surface area (Å²) in [4.78, 5) is 2.73. The first-order chi connectivity index (χ1) is 9.40. The molecule has 2 aliphatic heterocycles. The monoisotopic (exact) mass is 266 g/mol. The molecule has 0 amide bonds. The average Bonchev–Trinajstić information content (AvgIpc) is 2.90. The van der Waals surface area contributed by atoms with Crippen LogP contribution in [0.2, 0.25) is 0 Å². The van der Waals surface area contributed by atoms with Gasteiger partial charge in [0.15, 0.2) is 0 Å². The Kier molecular flexibility index (Phi) is 5.14. The molecule has 3 fully saturated rings. The van der Waals surface area contributed by atoms with Crippen LogP contribution in [0.15, 0.2) is 0 Å². The van der Waals surface area contributed by atoms with E-state index in [0.29, 0.717) is 6.10 Å². The van der Waals surface area contributed by atoms with Crippen LogP contribution in [0.1, 0.15) is 51.4 Å². The molecule has 1 saturated carbocycles. The Hall–Kier alpha value is -0.120. The van der Waals surface area contributed by atoms with E-state index in [1.165, 1.54) is 77.5 Å². The zero-order chi connectivity index (χ0) is 12.9. The highest BCUT2D eigenvalue weighted by atomic mass is 16.5. The highest BCUT2D eigenvalue weighted by Crippen LogP contribution is 2.30. The van der Waals surface area contributed by atoms with Crippen molar-refractivity contribution in [3.05, 3.63) is 0 Å². The first-order valence-corrected chi connectivity index (χ1v) is 8.47. The first kappa shape index (κ1) is 13.8. The normalized spacial score (nSPS) is 31.4. The van der Waals surface area contributed by atoms with Crippen molar-refractivity contribution in [2.75, 3.05) is 32.8 Å². The van der Waals surface area contributed by atoms with Gasteiger partial charge in [-0.1, -0.05) is 0 Å². The third-order valence-electron chi connectivity index (χ3n) is 4.88. The third kappa shape index (κ3) is 4.73. The Bertz CT molecular complexity index is 255. The summed E-state index contributed by atoms with van der Waals surface area (Å²) in [6, 6.07) is 0.765. The van der Waals surface area contributed by atoms with Crippen LogP contribution in [-0.4, -0.2) is 49.8 Å². The number of nitrogens with zero attached hydrogens (tertiary/aromatic N) is 1. The van der Waals surface area contributed by atoms with E-state index in [4.69, 9.17) is 4.74 Å². The molecule has 3 aliphatic rings. The molecule has 3 nitrogen and oxygen atoms in total. The quantitative estimate of drug-likeness (QED) is 0.730. The van der Waals surface area contributed by atoms with Crippen molar-refractivity contribution in [1.82, 2.24) is 10.2 Å². The molecule has 2 heterocycles. The summed E-state index contributed by atoms with van der Waals surface area (Å²) in [5, 5.41) is 3.65. The van der Waals surface area contributed by atoms with Gasteiger partial charge in [-0.2, -0.15) is 0 Å². The van der Waals surface area contributed by atoms with Gasteiger partial charge in [0.25, 0.3) is 0 Å². The average molecular weight is 266 g/mol. The van der Waals surface area contributed by atoms with Gasteiger partial charge in [-0.25, -0.2) is 0 Å². The molecule has 0 aromatic heterocycles. The molecule has 3 heteroatoms. The first-order valence-electron chi connectivity index (χ1n) is 8.47. The lowest BCUT2D eigenvalue weighted by molar-refractivity contribution is 0.0980. The van der Waals surface area contributed by atoms with E-state index in [-0.39, 0.29) is 0 Å². The van der Waals surface area contributed by atoms with Crippen LogP contribution >= 0.6 is 0 Å². The lowest BCUT2D eigenvalue weighted by Crippen LogP contribution is -2.39. The molecular formula is C16H30N2O. The van der Waals surface area contributed by atoms with Gasteiger partial charge in [-0.15, -0.1) is 0 Å². The summed E-state index contributed by atoms with van der Waals surface area (Å²) >= 11 is 0. The van der Waals surface area contributed by atoms with Gasteiger partial charge in [0.05, 0.1) is 6.10 Å². The van der Waals surface area contributed by atoms with Gasteiger partial charge in [0.1, 0.15) is 0 Å². The van der Waals surface area contributed by atoms with Gasteiger partial charge in [-0.3, -0.25) is 0 Å². The van der Waals surface area contributed by atoms with Crippen molar-refractivity contribution in [3.8, 4) is 0 Å². The molecular weight excluding hydrogens is 236 g/mol. The van der Waals surface area contributed by atoms with Crippen molar-refractivity contribution in [2.45, 2.75) is 63.5 Å². The Morgan fingerprint density at radius 3 is 2.68 bits per heavy atom. The zero-order valence-electron chi connectivity index (χ0n) is 12.3. The van der Waals surface area contributed by atoms with Crippen molar-refractivity contribution in [1.29, 1.82) is 0 Å². The highest BCUT2D eigenvalue weighted by Gasteiger charge is 2.26. The van der Waals surface area contributed by atoms with Gasteiger partial charge in [0, 0.05) is 25.7 Å². The summed E-state index contributed by atoms with van der Waals surface area (Å²) in [5.74, 6) is 1.02. The maximum Gasteiger partial charge on any atom is 0.0576 e. The minimum atomic E-state index is 0.576. The summed E-state index contributed by atoms with van der Waals surface area (Å²) in [6.45, 7) is 6.15. The standard InChI is InChI=1S/C16H30N2O/c1-4-15(17-9-1)13-18(12-14-7-8-14)10-2-5-16-6-3-11-19-16/h14-17H,1-13H2. The van der Waals surface area contributed by atoms with E-state index in [0.717, 1.165) is 18.6 Å². The second-order valence-corrected chi connectivity index (χ2v) is 6.77. The van der Waals surface area contributed by atoms with E-state index in [1.807, 2.05) is 0 Å². The number of hydrogen-bond donors (Lipinski definition) is 1. The van der Waals surface area contributed by atoms with Gasteiger partial charge in [0.2, 0.25) is 0 Å². The van der Waals surface area contributed by atoms with Crippen molar-refractivity contribution in [3.63, 3.8) is 0 Å². The molecule has 0 spiro atoms. The third-order valence-corrected chi connectivity index (χ3v) is 4.88. The predicted molar refractivity (Wildman–Crippen MR) is 78.4 cm³/mol. The maximum atomic E-state index is 5.73. The molecule has 19 heavy (non-hydrogen) atoms. The molecule has 0 radical (unpaired) electrons. The van der Waals surface area contributed by atoms with Crippen LogP contribution in [0.5, 0.6) is 0 Å². The summed E-state index contributed by atoms with van der Waals surface area (Å²) < 4.78 is 5.73. The number of ether oxygens (including phenoxy) is 1. The fourth-order valence-corrected chi connectivity index (χ4v) is 3.56. The maximum absolute atomic E-state index is 5.73. The molecule has 2 saturated heterocycles. The fraction of sp³-hybridized carbons (Fsp3) is 1.00. The molecule has 0 bridgehead atoms. The molecule has 3 rings (SSSR count). The lowest BCUT2D eigenvalue weighted by Gasteiger charge is -2.26. The Balaban J connectivity index is 1.36. The van der Waals surface area contributed by atoms with Gasteiger partial charge in [-0.05, 0) is 70.4 Å². The van der Waals surface area contributed by atoms with Crippen molar-refractivity contribution < 1.29 is 4.74 Å². The minimum absolute atomic E-state index is 0.576. The predicted octanol–water partition coefficient (Wildman–Crippen LogP) is 2.41. The molecule has 2 atom stereocenters. The molecule has 110 valence electrons. The second-order valence-electron chi connectivity index (χ2n) is 6.77. The SMILES string of the molecule is C1CNC(CN(CCCC2CCCO2)CC2CC2)C1. The largest absolute Gasteiger partial charge is 0.378 e. The molecule has 1 aliphatic carbocycles. The van der Waals surface area contributed by atoms with Crippen LogP contribution < -0.4 is 5.32 Å². The number of nitrogens with one attached hydrogen (secondary N) is 1. The van der Waals surface area contributed by atoms with E-state index in [1.54, 1.807) is 0 Å². The van der Waals surface area contributed by atoms with Crippen molar-refractivity contribution in [2.24, 2.45) is 5.92 Å². The summed E-state index contributed by atoms with van der Waals surface area (Å²) in [6.07, 6.45) is 11.5.